The second-order valence-corrected chi connectivity index (χ2v) is 9.06. The Morgan fingerprint density at radius 3 is 2.21 bits per heavy atom. The zero-order valence-electron chi connectivity index (χ0n) is 10.9. The van der Waals surface area contributed by atoms with Crippen molar-refractivity contribution in [3.63, 3.8) is 0 Å². The third kappa shape index (κ3) is 3.32. The van der Waals surface area contributed by atoms with Crippen LogP contribution in [0.3, 0.4) is 0 Å². The summed E-state index contributed by atoms with van der Waals surface area (Å²) in [6.07, 6.45) is 0. The second-order valence-electron chi connectivity index (χ2n) is 4.46. The van der Waals surface area contributed by atoms with E-state index in [4.69, 9.17) is 0 Å². The summed E-state index contributed by atoms with van der Waals surface area (Å²) in [4.78, 5) is 0. The van der Waals surface area contributed by atoms with E-state index in [9.17, 15) is 0 Å². The Morgan fingerprint density at radius 2 is 1.68 bits per heavy atom. The van der Waals surface area contributed by atoms with Crippen molar-refractivity contribution in [1.82, 2.24) is 5.32 Å². The lowest BCUT2D eigenvalue weighted by Crippen LogP contribution is -2.18. The van der Waals surface area contributed by atoms with E-state index in [1.807, 2.05) is 7.05 Å². The number of thiophene rings is 1. The minimum absolute atomic E-state index is 0.198. The van der Waals surface area contributed by atoms with Gasteiger partial charge in [0.05, 0.1) is 13.6 Å². The minimum atomic E-state index is 0.198. The van der Waals surface area contributed by atoms with E-state index in [0.29, 0.717) is 0 Å². The molecule has 0 amide bonds. The zero-order chi connectivity index (χ0) is 14.2. The van der Waals surface area contributed by atoms with Crippen LogP contribution in [0.15, 0.2) is 30.2 Å². The van der Waals surface area contributed by atoms with Crippen LogP contribution in [0.5, 0.6) is 0 Å². The maximum absolute atomic E-state index is 3.65. The van der Waals surface area contributed by atoms with E-state index in [1.54, 1.807) is 11.3 Å². The SMILES string of the molecule is CNC(c1cc(C)c(Br)cc1C)c1cc(Br)sc1Br. The summed E-state index contributed by atoms with van der Waals surface area (Å²) in [5.74, 6) is 0. The van der Waals surface area contributed by atoms with Gasteiger partial charge >= 0.3 is 0 Å². The number of halogens is 3. The van der Waals surface area contributed by atoms with Crippen molar-refractivity contribution >= 4 is 59.1 Å². The van der Waals surface area contributed by atoms with Gasteiger partial charge in [-0.15, -0.1) is 11.3 Å². The Hall–Kier alpha value is 0.320. The second kappa shape index (κ2) is 6.39. The predicted molar refractivity (Wildman–Crippen MR) is 94.2 cm³/mol. The molecule has 0 bridgehead atoms. The van der Waals surface area contributed by atoms with E-state index >= 15 is 0 Å². The summed E-state index contributed by atoms with van der Waals surface area (Å²) in [7, 11) is 2.00. The number of hydrogen-bond donors (Lipinski definition) is 1. The van der Waals surface area contributed by atoms with E-state index in [1.165, 1.54) is 26.0 Å². The molecule has 1 aromatic heterocycles. The molecular weight excluding hydrogens is 454 g/mol. The molecule has 1 aromatic carbocycles. The summed E-state index contributed by atoms with van der Waals surface area (Å²) in [6, 6.07) is 6.80. The highest BCUT2D eigenvalue weighted by Crippen LogP contribution is 2.39. The number of aryl methyl sites for hydroxylation is 2. The molecule has 0 saturated carbocycles. The van der Waals surface area contributed by atoms with Crippen LogP contribution in [0.4, 0.5) is 0 Å². The monoisotopic (exact) mass is 465 g/mol. The fraction of sp³-hybridized carbons (Fsp3) is 0.286. The summed E-state index contributed by atoms with van der Waals surface area (Å²) in [5.41, 5.74) is 5.12. The first-order valence-corrected chi connectivity index (χ1v) is 9.02. The molecule has 0 saturated heterocycles. The number of rotatable bonds is 3. The molecule has 0 aliphatic heterocycles. The Labute approximate surface area is 143 Å². The van der Waals surface area contributed by atoms with Crippen LogP contribution in [0.2, 0.25) is 0 Å². The normalized spacial score (nSPS) is 12.7. The molecule has 1 N–H and O–H groups in total. The first kappa shape index (κ1) is 15.7. The van der Waals surface area contributed by atoms with Gasteiger partial charge in [0.1, 0.15) is 0 Å². The Balaban J connectivity index is 2.54. The predicted octanol–water partition coefficient (Wildman–Crippen LogP) is 5.96. The number of nitrogens with one attached hydrogen (secondary N) is 1. The molecule has 1 nitrogen and oxygen atoms in total. The van der Waals surface area contributed by atoms with Gasteiger partial charge in [0.2, 0.25) is 0 Å². The van der Waals surface area contributed by atoms with Crippen LogP contribution < -0.4 is 5.32 Å². The molecule has 2 rings (SSSR count). The van der Waals surface area contributed by atoms with E-state index in [-0.39, 0.29) is 6.04 Å². The van der Waals surface area contributed by atoms with Crippen LogP contribution >= 0.6 is 59.1 Å². The van der Waals surface area contributed by atoms with Crippen molar-refractivity contribution in [1.29, 1.82) is 0 Å². The fourth-order valence-corrected chi connectivity index (χ4v) is 5.50. The Bertz CT molecular complexity index is 607. The Morgan fingerprint density at radius 1 is 1.00 bits per heavy atom. The van der Waals surface area contributed by atoms with E-state index < -0.39 is 0 Å². The maximum atomic E-state index is 3.65. The van der Waals surface area contributed by atoms with E-state index in [2.05, 4.69) is 85.2 Å². The average molecular weight is 468 g/mol. The van der Waals surface area contributed by atoms with Crippen LogP contribution in [0.1, 0.15) is 28.3 Å². The lowest BCUT2D eigenvalue weighted by atomic mass is 9.95. The van der Waals surface area contributed by atoms with Crippen molar-refractivity contribution in [2.24, 2.45) is 0 Å². The van der Waals surface area contributed by atoms with Gasteiger partial charge in [-0.3, -0.25) is 0 Å². The van der Waals surface area contributed by atoms with Gasteiger partial charge in [-0.05, 0) is 87.1 Å². The van der Waals surface area contributed by atoms with Gasteiger partial charge in [-0.1, -0.05) is 22.0 Å². The average Bonchev–Trinajstić information content (AvgIpc) is 2.66. The van der Waals surface area contributed by atoms with Gasteiger partial charge < -0.3 is 5.32 Å². The standard InChI is InChI=1S/C14H14Br3NS/c1-7-5-11(15)8(2)4-9(7)13(18-3)10-6-12(16)19-14(10)17/h4-6,13,18H,1-3H3. The number of benzene rings is 1. The van der Waals surface area contributed by atoms with Crippen LogP contribution in [-0.2, 0) is 0 Å². The highest BCUT2D eigenvalue weighted by atomic mass is 79.9. The van der Waals surface area contributed by atoms with Crippen LogP contribution in [0.25, 0.3) is 0 Å². The summed E-state index contributed by atoms with van der Waals surface area (Å²) in [5, 5.41) is 3.42. The molecule has 1 heterocycles. The lowest BCUT2D eigenvalue weighted by Gasteiger charge is -2.20. The molecule has 0 fully saturated rings. The fourth-order valence-electron chi connectivity index (χ4n) is 2.14. The zero-order valence-corrected chi connectivity index (χ0v) is 16.4. The van der Waals surface area contributed by atoms with Crippen molar-refractivity contribution < 1.29 is 0 Å². The molecule has 0 aliphatic carbocycles. The lowest BCUT2D eigenvalue weighted by molar-refractivity contribution is 0.686. The molecular formula is C14H14Br3NS. The van der Waals surface area contributed by atoms with Crippen LogP contribution in [0, 0.1) is 13.8 Å². The molecule has 1 atom stereocenters. The Kier molecular flexibility index (Phi) is 5.28. The minimum Gasteiger partial charge on any atom is -0.309 e. The van der Waals surface area contributed by atoms with Gasteiger partial charge in [0.25, 0.3) is 0 Å². The highest BCUT2D eigenvalue weighted by molar-refractivity contribution is 9.12. The third-order valence-electron chi connectivity index (χ3n) is 3.14. The van der Waals surface area contributed by atoms with Gasteiger partial charge in [0, 0.05) is 4.47 Å². The molecule has 2 aromatic rings. The van der Waals surface area contributed by atoms with Crippen molar-refractivity contribution in [3.8, 4) is 0 Å². The summed E-state index contributed by atoms with van der Waals surface area (Å²) < 4.78 is 3.47. The molecule has 1 unspecified atom stereocenters. The van der Waals surface area contributed by atoms with Gasteiger partial charge in [0.15, 0.2) is 0 Å². The maximum Gasteiger partial charge on any atom is 0.0761 e. The first-order valence-electron chi connectivity index (χ1n) is 5.82. The van der Waals surface area contributed by atoms with Crippen molar-refractivity contribution in [3.05, 3.63) is 52.5 Å². The molecule has 0 radical (unpaired) electrons. The molecule has 0 spiro atoms. The molecule has 19 heavy (non-hydrogen) atoms. The summed E-state index contributed by atoms with van der Waals surface area (Å²) >= 11 is 12.5. The smallest absolute Gasteiger partial charge is 0.0761 e. The van der Waals surface area contributed by atoms with Gasteiger partial charge in [-0.2, -0.15) is 0 Å². The van der Waals surface area contributed by atoms with Crippen molar-refractivity contribution in [2.45, 2.75) is 19.9 Å². The summed E-state index contributed by atoms with van der Waals surface area (Å²) in [6.45, 7) is 4.28. The first-order chi connectivity index (χ1) is 8.93. The highest BCUT2D eigenvalue weighted by Gasteiger charge is 2.20. The molecule has 0 aliphatic rings. The number of hydrogen-bond acceptors (Lipinski definition) is 2. The third-order valence-corrected chi connectivity index (χ3v) is 6.38. The van der Waals surface area contributed by atoms with E-state index in [0.717, 1.165) is 8.26 Å². The molecule has 5 heteroatoms. The van der Waals surface area contributed by atoms with Gasteiger partial charge in [-0.25, -0.2) is 0 Å². The topological polar surface area (TPSA) is 12.0 Å². The van der Waals surface area contributed by atoms with Crippen molar-refractivity contribution in [2.75, 3.05) is 7.05 Å². The quantitative estimate of drug-likeness (QED) is 0.587. The largest absolute Gasteiger partial charge is 0.309 e. The van der Waals surface area contributed by atoms with Crippen LogP contribution in [-0.4, -0.2) is 7.05 Å². The molecule has 102 valence electrons.